The highest BCUT2D eigenvalue weighted by atomic mass is 35.5. The molecule has 0 aliphatic heterocycles. The molecule has 0 radical (unpaired) electrons. The molecule has 0 bridgehead atoms. The van der Waals surface area contributed by atoms with Gasteiger partial charge in [0.2, 0.25) is 22.1 Å². The van der Waals surface area contributed by atoms with Crippen molar-refractivity contribution >= 4 is 126 Å². The van der Waals surface area contributed by atoms with Crippen molar-refractivity contribution in [3.05, 3.63) is 103 Å². The minimum atomic E-state index is -0.419. The number of carbonyl (C=O) groups excluding carboxylic acids is 4. The van der Waals surface area contributed by atoms with Gasteiger partial charge in [0.15, 0.2) is 21.9 Å². The van der Waals surface area contributed by atoms with Crippen molar-refractivity contribution < 1.29 is 19.2 Å². The molecule has 6 aromatic rings. The third-order valence-electron chi connectivity index (χ3n) is 7.10. The van der Waals surface area contributed by atoms with Gasteiger partial charge in [0, 0.05) is 43.4 Å². The number of thioether (sulfide) groups is 2. The predicted octanol–water partition coefficient (Wildman–Crippen LogP) is 6.28. The molecule has 0 fully saturated rings. The van der Waals surface area contributed by atoms with Crippen LogP contribution in [0.3, 0.4) is 0 Å². The SMILES string of the molecule is O=C(CCl)Nc1nc(Cc2nnc(SCCSc3nnc(Cc4csc(NC(=O)CCl)n4)n3NC(=O)c3ccc(Cl)cc3)n2NC(=O)c2ccc(Cl)cc2)cs1. The van der Waals surface area contributed by atoms with E-state index in [1.54, 1.807) is 59.3 Å². The van der Waals surface area contributed by atoms with Gasteiger partial charge in [-0.3, -0.25) is 30.0 Å². The van der Waals surface area contributed by atoms with Gasteiger partial charge < -0.3 is 10.6 Å². The molecule has 56 heavy (non-hydrogen) atoms. The molecule has 16 nitrogen and oxygen atoms in total. The summed E-state index contributed by atoms with van der Waals surface area (Å²) in [7, 11) is 0. The number of anilines is 2. The number of amides is 4. The van der Waals surface area contributed by atoms with Crippen molar-refractivity contribution in [1.82, 2.24) is 39.7 Å². The normalized spacial score (nSPS) is 11.0. The zero-order chi connectivity index (χ0) is 39.6. The number of alkyl halides is 2. The number of hydrogen-bond donors (Lipinski definition) is 4. The largest absolute Gasteiger partial charge is 0.301 e. The average Bonchev–Trinajstić information content (AvgIpc) is 4.00. The van der Waals surface area contributed by atoms with E-state index in [9.17, 15) is 19.2 Å². The number of thiazole rings is 2. The standard InChI is InChI=1S/C32H26Cl4N12O4S4/c33-13-25(49)39-29-37-21(15-55-29)11-23-41-43-31(47(23)45-27(51)17-1-5-19(35)6-2-17)53-9-10-54-32-44-42-24(12-22-16-56-30(38-22)40-26(50)14-34)48(32)46-28(52)18-3-7-20(36)8-4-18/h1-8,15-16H,9-14H2,(H,45,51)(H,46,52)(H,37,39,49)(H,38,40,50). The molecule has 24 heteroatoms. The van der Waals surface area contributed by atoms with Crippen LogP contribution in [0, 0.1) is 0 Å². The minimum Gasteiger partial charge on any atom is -0.301 e. The maximum Gasteiger partial charge on any atom is 0.270 e. The van der Waals surface area contributed by atoms with Crippen molar-refractivity contribution in [3.63, 3.8) is 0 Å². The summed E-state index contributed by atoms with van der Waals surface area (Å²) >= 11 is 28.4. The van der Waals surface area contributed by atoms with E-state index in [1.165, 1.54) is 55.5 Å². The predicted molar refractivity (Wildman–Crippen MR) is 220 cm³/mol. The van der Waals surface area contributed by atoms with Crippen LogP contribution in [0.1, 0.15) is 43.8 Å². The van der Waals surface area contributed by atoms with E-state index < -0.39 is 11.8 Å². The third kappa shape index (κ3) is 11.2. The quantitative estimate of drug-likeness (QED) is 0.0454. The summed E-state index contributed by atoms with van der Waals surface area (Å²) < 4.78 is 2.99. The lowest BCUT2D eigenvalue weighted by atomic mass is 10.2. The third-order valence-corrected chi connectivity index (χ3v) is 11.8. The van der Waals surface area contributed by atoms with Crippen LogP contribution in [0.2, 0.25) is 10.0 Å². The molecule has 4 aromatic heterocycles. The first-order valence-corrected chi connectivity index (χ1v) is 21.5. The lowest BCUT2D eigenvalue weighted by Gasteiger charge is -2.12. The van der Waals surface area contributed by atoms with Gasteiger partial charge in [0.25, 0.3) is 11.8 Å². The Bertz CT molecular complexity index is 2170. The zero-order valence-electron chi connectivity index (χ0n) is 28.4. The number of halogens is 4. The molecule has 4 amide bonds. The van der Waals surface area contributed by atoms with Crippen LogP contribution < -0.4 is 21.5 Å². The Balaban J connectivity index is 1.17. The van der Waals surface area contributed by atoms with E-state index in [2.05, 4.69) is 51.8 Å². The van der Waals surface area contributed by atoms with E-state index >= 15 is 0 Å². The Labute approximate surface area is 354 Å². The summed E-state index contributed by atoms with van der Waals surface area (Å²) in [6, 6.07) is 12.8. The van der Waals surface area contributed by atoms with E-state index in [-0.39, 0.29) is 36.4 Å². The summed E-state index contributed by atoms with van der Waals surface area (Å²) in [5, 5.41) is 28.6. The van der Waals surface area contributed by atoms with E-state index in [0.717, 1.165) is 0 Å². The topological polar surface area (TPSA) is 204 Å². The fourth-order valence-corrected chi connectivity index (χ4v) is 8.19. The van der Waals surface area contributed by atoms with E-state index in [1.807, 2.05) is 0 Å². The first-order valence-electron chi connectivity index (χ1n) is 16.0. The van der Waals surface area contributed by atoms with Crippen LogP contribution in [0.15, 0.2) is 69.6 Å². The molecule has 4 heterocycles. The first kappa shape index (κ1) is 41.4. The number of benzene rings is 2. The Hall–Kier alpha value is -4.28. The fraction of sp³-hybridized carbons (Fsp3) is 0.188. The monoisotopic (exact) mass is 910 g/mol. The number of hydrogen-bond acceptors (Lipinski definition) is 14. The number of carbonyl (C=O) groups is 4. The number of rotatable bonds is 17. The van der Waals surface area contributed by atoms with Gasteiger partial charge in [-0.1, -0.05) is 46.7 Å². The molecule has 290 valence electrons. The van der Waals surface area contributed by atoms with Gasteiger partial charge in [-0.25, -0.2) is 19.3 Å². The summed E-state index contributed by atoms with van der Waals surface area (Å²) in [5.41, 5.74) is 7.64. The second-order valence-corrected chi connectivity index (χ2v) is 16.3. The van der Waals surface area contributed by atoms with Crippen molar-refractivity contribution in [2.24, 2.45) is 0 Å². The van der Waals surface area contributed by atoms with Crippen molar-refractivity contribution in [2.45, 2.75) is 23.2 Å². The minimum absolute atomic E-state index is 0.190. The molecular weight excluding hydrogens is 887 g/mol. The molecule has 0 aliphatic rings. The Morgan fingerprint density at radius 1 is 0.607 bits per heavy atom. The lowest BCUT2D eigenvalue weighted by Crippen LogP contribution is -2.26. The smallest absolute Gasteiger partial charge is 0.270 e. The molecule has 2 aromatic carbocycles. The number of nitrogens with one attached hydrogen (secondary N) is 4. The molecule has 0 saturated carbocycles. The van der Waals surface area contributed by atoms with Crippen LogP contribution >= 0.6 is 92.6 Å². The summed E-state index contributed by atoms with van der Waals surface area (Å²) in [5.74, 6) is -0.302. The van der Waals surface area contributed by atoms with Crippen molar-refractivity contribution in [2.75, 3.05) is 44.8 Å². The second kappa shape index (κ2) is 19.7. The van der Waals surface area contributed by atoms with Crippen LogP contribution in [0.4, 0.5) is 10.3 Å². The van der Waals surface area contributed by atoms with Crippen LogP contribution in [-0.2, 0) is 22.4 Å². The van der Waals surface area contributed by atoms with Crippen LogP contribution in [-0.4, -0.2) is 86.6 Å². The van der Waals surface area contributed by atoms with E-state index in [0.29, 0.717) is 76.3 Å². The van der Waals surface area contributed by atoms with Crippen LogP contribution in [0.25, 0.3) is 0 Å². The van der Waals surface area contributed by atoms with Gasteiger partial charge in [-0.15, -0.1) is 66.3 Å². The summed E-state index contributed by atoms with van der Waals surface area (Å²) in [6.45, 7) is 0. The highest BCUT2D eigenvalue weighted by Gasteiger charge is 2.21. The zero-order valence-corrected chi connectivity index (χ0v) is 34.7. The number of nitrogens with zero attached hydrogens (tertiary/aromatic N) is 8. The molecule has 4 N–H and O–H groups in total. The van der Waals surface area contributed by atoms with Crippen molar-refractivity contribution in [3.8, 4) is 0 Å². The molecule has 0 unspecified atom stereocenters. The molecule has 0 atom stereocenters. The maximum atomic E-state index is 13.3. The highest BCUT2D eigenvalue weighted by molar-refractivity contribution is 8.02. The maximum absolute atomic E-state index is 13.3. The Kier molecular flexibility index (Phi) is 14.6. The second-order valence-electron chi connectivity index (χ2n) is 11.1. The average molecular weight is 913 g/mol. The Morgan fingerprint density at radius 2 is 1.00 bits per heavy atom. The van der Waals surface area contributed by atoms with Gasteiger partial charge >= 0.3 is 0 Å². The first-order chi connectivity index (χ1) is 27.1. The van der Waals surface area contributed by atoms with Crippen molar-refractivity contribution in [1.29, 1.82) is 0 Å². The van der Waals surface area contributed by atoms with E-state index in [4.69, 9.17) is 46.4 Å². The molecule has 0 saturated heterocycles. The van der Waals surface area contributed by atoms with Crippen LogP contribution in [0.5, 0.6) is 0 Å². The van der Waals surface area contributed by atoms with Gasteiger partial charge in [-0.2, -0.15) is 0 Å². The fourth-order valence-electron chi connectivity index (χ4n) is 4.56. The molecular formula is C32H26Cl4N12O4S4. The number of aromatic nitrogens is 8. The van der Waals surface area contributed by atoms with Gasteiger partial charge in [-0.05, 0) is 48.5 Å². The summed E-state index contributed by atoms with van der Waals surface area (Å²) in [6.07, 6.45) is 0.379. The van der Waals surface area contributed by atoms with Gasteiger partial charge in [0.05, 0.1) is 24.2 Å². The summed E-state index contributed by atoms with van der Waals surface area (Å²) in [4.78, 5) is 58.9. The Morgan fingerprint density at radius 3 is 1.38 bits per heavy atom. The lowest BCUT2D eigenvalue weighted by molar-refractivity contribution is -0.114. The molecule has 0 aliphatic carbocycles. The van der Waals surface area contributed by atoms with Gasteiger partial charge in [0.1, 0.15) is 11.8 Å². The molecule has 0 spiro atoms. The molecule has 6 rings (SSSR count). The highest BCUT2D eigenvalue weighted by Crippen LogP contribution is 2.25.